The monoisotopic (exact) mass is 284 g/mol. The van der Waals surface area contributed by atoms with Crippen molar-refractivity contribution in [3.8, 4) is 0 Å². The zero-order valence-corrected chi connectivity index (χ0v) is 12.1. The van der Waals surface area contributed by atoms with Crippen molar-refractivity contribution >= 4 is 23.4 Å². The minimum atomic E-state index is -0.422. The molecule has 1 aliphatic carbocycles. The van der Waals surface area contributed by atoms with Crippen LogP contribution < -0.4 is 0 Å². The van der Waals surface area contributed by atoms with Crippen molar-refractivity contribution < 1.29 is 9.47 Å². The van der Waals surface area contributed by atoms with Crippen LogP contribution in [0.1, 0.15) is 26.7 Å². The fourth-order valence-corrected chi connectivity index (χ4v) is 4.10. The lowest BCUT2D eigenvalue weighted by Gasteiger charge is -2.21. The lowest BCUT2D eigenvalue weighted by molar-refractivity contribution is -0.150. The number of hydrogen-bond donors (Lipinski definition) is 0. The molecule has 3 atom stereocenters. The summed E-state index contributed by atoms with van der Waals surface area (Å²) in [7, 11) is 0. The van der Waals surface area contributed by atoms with Gasteiger partial charge in [-0.05, 0) is 51.0 Å². The Morgan fingerprint density at radius 1 is 1.17 bits per heavy atom. The molecular weight excluding hydrogens is 268 g/mol. The predicted octanol–water partition coefficient (Wildman–Crippen LogP) is 4.11. The first-order valence-electron chi connectivity index (χ1n) is 6.31. The van der Waals surface area contributed by atoms with Crippen LogP contribution in [0.5, 0.6) is 0 Å². The van der Waals surface area contributed by atoms with Crippen molar-refractivity contribution in [3.63, 3.8) is 0 Å². The first-order valence-corrected chi connectivity index (χ1v) is 7.57. The standard InChI is InChI=1S/C14H17ClO2S/c1-14(2)16-11-7-8-12(13(11)17-14)18-10-5-3-9(15)4-6-10/h3-6,11-13H,7-8H2,1-2H3. The Morgan fingerprint density at radius 2 is 1.89 bits per heavy atom. The summed E-state index contributed by atoms with van der Waals surface area (Å²) in [5.74, 6) is -0.422. The fourth-order valence-electron chi connectivity index (χ4n) is 2.71. The molecule has 0 aromatic heterocycles. The lowest BCUT2D eigenvalue weighted by atomic mass is 10.3. The molecule has 2 fully saturated rings. The van der Waals surface area contributed by atoms with E-state index in [-0.39, 0.29) is 12.2 Å². The second-order valence-corrected chi connectivity index (χ2v) is 7.08. The normalized spacial score (nSPS) is 33.6. The maximum absolute atomic E-state index is 6.01. The predicted molar refractivity (Wildman–Crippen MR) is 74.2 cm³/mol. The van der Waals surface area contributed by atoms with E-state index >= 15 is 0 Å². The van der Waals surface area contributed by atoms with Crippen LogP contribution in [0.25, 0.3) is 0 Å². The van der Waals surface area contributed by atoms with Crippen LogP contribution in [-0.4, -0.2) is 23.2 Å². The SMILES string of the molecule is CC1(C)OC2CCC(Sc3ccc(Cl)cc3)C2O1. The zero-order valence-electron chi connectivity index (χ0n) is 10.6. The van der Waals surface area contributed by atoms with E-state index in [0.717, 1.165) is 17.9 Å². The van der Waals surface area contributed by atoms with Gasteiger partial charge in [0.2, 0.25) is 0 Å². The van der Waals surface area contributed by atoms with Crippen LogP contribution in [0.4, 0.5) is 0 Å². The van der Waals surface area contributed by atoms with Crippen molar-refractivity contribution in [1.82, 2.24) is 0 Å². The Balaban J connectivity index is 1.69. The highest BCUT2D eigenvalue weighted by molar-refractivity contribution is 8.00. The molecule has 3 unspecified atom stereocenters. The third-order valence-corrected chi connectivity index (χ3v) is 5.03. The summed E-state index contributed by atoms with van der Waals surface area (Å²) in [6, 6.07) is 8.01. The Kier molecular flexibility index (Phi) is 3.35. The van der Waals surface area contributed by atoms with Gasteiger partial charge in [-0.1, -0.05) is 11.6 Å². The lowest BCUT2D eigenvalue weighted by Crippen LogP contribution is -2.26. The first kappa shape index (κ1) is 12.8. The maximum atomic E-state index is 6.01. The van der Waals surface area contributed by atoms with Crippen molar-refractivity contribution in [2.45, 2.75) is 54.8 Å². The van der Waals surface area contributed by atoms with Gasteiger partial charge >= 0.3 is 0 Å². The van der Waals surface area contributed by atoms with Gasteiger partial charge in [-0.15, -0.1) is 11.8 Å². The van der Waals surface area contributed by atoms with E-state index in [2.05, 4.69) is 12.1 Å². The molecule has 0 bridgehead atoms. The number of fused-ring (bicyclic) bond motifs is 1. The van der Waals surface area contributed by atoms with Crippen LogP contribution in [0.15, 0.2) is 29.2 Å². The van der Waals surface area contributed by atoms with Crippen LogP contribution in [0.2, 0.25) is 5.02 Å². The van der Waals surface area contributed by atoms with E-state index in [1.807, 2.05) is 37.7 Å². The Morgan fingerprint density at radius 3 is 2.61 bits per heavy atom. The molecule has 0 amide bonds. The van der Waals surface area contributed by atoms with E-state index in [1.54, 1.807) is 0 Å². The molecule has 0 radical (unpaired) electrons. The highest BCUT2D eigenvalue weighted by Gasteiger charge is 2.49. The molecule has 98 valence electrons. The molecule has 2 nitrogen and oxygen atoms in total. The third-order valence-electron chi connectivity index (χ3n) is 3.42. The van der Waals surface area contributed by atoms with Crippen molar-refractivity contribution in [2.75, 3.05) is 0 Å². The Hall–Kier alpha value is -0.220. The topological polar surface area (TPSA) is 18.5 Å². The number of halogens is 1. The fraction of sp³-hybridized carbons (Fsp3) is 0.571. The van der Waals surface area contributed by atoms with Crippen molar-refractivity contribution in [2.24, 2.45) is 0 Å². The van der Waals surface area contributed by atoms with Gasteiger partial charge in [0, 0.05) is 15.2 Å². The summed E-state index contributed by atoms with van der Waals surface area (Å²) < 4.78 is 11.9. The summed E-state index contributed by atoms with van der Waals surface area (Å²) in [4.78, 5) is 1.25. The average molecular weight is 285 g/mol. The molecule has 0 N–H and O–H groups in total. The van der Waals surface area contributed by atoms with Crippen LogP contribution in [0.3, 0.4) is 0 Å². The van der Waals surface area contributed by atoms with E-state index in [0.29, 0.717) is 5.25 Å². The molecule has 2 aliphatic rings. The van der Waals surface area contributed by atoms with Crippen molar-refractivity contribution in [3.05, 3.63) is 29.3 Å². The van der Waals surface area contributed by atoms with Gasteiger partial charge < -0.3 is 9.47 Å². The van der Waals surface area contributed by atoms with Gasteiger partial charge in [-0.25, -0.2) is 0 Å². The molecule has 4 heteroatoms. The summed E-state index contributed by atoms with van der Waals surface area (Å²) >= 11 is 7.77. The van der Waals surface area contributed by atoms with Crippen LogP contribution >= 0.6 is 23.4 Å². The number of thioether (sulfide) groups is 1. The largest absolute Gasteiger partial charge is 0.345 e. The van der Waals surface area contributed by atoms with Gasteiger partial charge in [0.05, 0.1) is 12.2 Å². The quantitative estimate of drug-likeness (QED) is 0.814. The molecule has 1 saturated heterocycles. The molecule has 18 heavy (non-hydrogen) atoms. The number of hydrogen-bond acceptors (Lipinski definition) is 3. The molecule has 1 aromatic rings. The molecular formula is C14H17ClO2S. The van der Waals surface area contributed by atoms with Gasteiger partial charge in [-0.3, -0.25) is 0 Å². The summed E-state index contributed by atoms with van der Waals surface area (Å²) in [6.45, 7) is 3.99. The van der Waals surface area contributed by atoms with Crippen LogP contribution in [-0.2, 0) is 9.47 Å². The van der Waals surface area contributed by atoms with Gasteiger partial charge in [0.25, 0.3) is 0 Å². The molecule has 3 rings (SSSR count). The summed E-state index contributed by atoms with van der Waals surface area (Å²) in [5.41, 5.74) is 0. The van der Waals surface area contributed by atoms with E-state index in [9.17, 15) is 0 Å². The molecule has 0 spiro atoms. The molecule has 1 heterocycles. The number of benzene rings is 1. The Labute approximate surface area is 117 Å². The highest BCUT2D eigenvalue weighted by atomic mass is 35.5. The van der Waals surface area contributed by atoms with E-state index in [4.69, 9.17) is 21.1 Å². The maximum Gasteiger partial charge on any atom is 0.163 e. The van der Waals surface area contributed by atoms with Gasteiger partial charge in [-0.2, -0.15) is 0 Å². The zero-order chi connectivity index (χ0) is 12.8. The first-order chi connectivity index (χ1) is 8.53. The average Bonchev–Trinajstić information content (AvgIpc) is 2.79. The second-order valence-electron chi connectivity index (χ2n) is 5.33. The van der Waals surface area contributed by atoms with Crippen molar-refractivity contribution in [1.29, 1.82) is 0 Å². The van der Waals surface area contributed by atoms with Gasteiger partial charge in [0.1, 0.15) is 0 Å². The minimum Gasteiger partial charge on any atom is -0.345 e. The number of ether oxygens (including phenoxy) is 2. The van der Waals surface area contributed by atoms with E-state index < -0.39 is 5.79 Å². The summed E-state index contributed by atoms with van der Waals surface area (Å²) in [5, 5.41) is 1.27. The van der Waals surface area contributed by atoms with E-state index in [1.165, 1.54) is 4.90 Å². The molecule has 1 aromatic carbocycles. The highest BCUT2D eigenvalue weighted by Crippen LogP contribution is 2.44. The van der Waals surface area contributed by atoms with Gasteiger partial charge in [0.15, 0.2) is 5.79 Å². The molecule has 1 aliphatic heterocycles. The third kappa shape index (κ3) is 2.55. The minimum absolute atomic E-state index is 0.223. The Bertz CT molecular complexity index is 432. The molecule has 1 saturated carbocycles. The summed E-state index contributed by atoms with van der Waals surface area (Å²) in [6.07, 6.45) is 2.74. The number of rotatable bonds is 2. The second kappa shape index (κ2) is 4.71. The smallest absolute Gasteiger partial charge is 0.163 e. The van der Waals surface area contributed by atoms with Crippen LogP contribution in [0, 0.1) is 0 Å².